The maximum atomic E-state index is 13.4. The summed E-state index contributed by atoms with van der Waals surface area (Å²) in [6.45, 7) is 8.48. The molecule has 0 saturated carbocycles. The Morgan fingerprint density at radius 2 is 1.82 bits per heavy atom. The lowest BCUT2D eigenvalue weighted by Crippen LogP contribution is -2.39. The summed E-state index contributed by atoms with van der Waals surface area (Å²) in [5.74, 6) is 0.322. The van der Waals surface area contributed by atoms with Gasteiger partial charge in [0.15, 0.2) is 5.11 Å². The molecule has 1 aliphatic heterocycles. The van der Waals surface area contributed by atoms with Crippen LogP contribution in [0.15, 0.2) is 65.8 Å². The molecule has 0 radical (unpaired) electrons. The number of aromatic nitrogens is 2. The molecule has 0 fully saturated rings. The number of aryl methyl sites for hydroxylation is 2. The predicted octanol–water partition coefficient (Wildman–Crippen LogP) is 7.25. The first-order valence-corrected chi connectivity index (χ1v) is 14.8. The van der Waals surface area contributed by atoms with Crippen molar-refractivity contribution in [3.63, 3.8) is 0 Å². The van der Waals surface area contributed by atoms with Crippen LogP contribution in [0.5, 0.6) is 5.75 Å². The van der Waals surface area contributed by atoms with E-state index in [1.54, 1.807) is 22.8 Å². The first-order valence-electron chi connectivity index (χ1n) is 14.4. The van der Waals surface area contributed by atoms with Gasteiger partial charge in [0.1, 0.15) is 11.6 Å². The zero-order chi connectivity index (χ0) is 32.5. The van der Waals surface area contributed by atoms with Gasteiger partial charge in [0, 0.05) is 36.0 Å². The van der Waals surface area contributed by atoms with Gasteiger partial charge in [-0.25, -0.2) is 0 Å². The van der Waals surface area contributed by atoms with Crippen LogP contribution in [0.4, 0.5) is 24.7 Å². The topological polar surface area (TPSA) is 83.8 Å². The Hall–Kier alpha value is -4.71. The number of thiocarbonyl (C=S) groups is 1. The van der Waals surface area contributed by atoms with Gasteiger partial charge in [0.2, 0.25) is 0 Å². The molecule has 5 rings (SSSR count). The lowest BCUT2D eigenvalue weighted by Gasteiger charge is -2.29. The fourth-order valence-corrected chi connectivity index (χ4v) is 5.62. The zero-order valence-corrected chi connectivity index (χ0v) is 26.3. The summed E-state index contributed by atoms with van der Waals surface area (Å²) in [7, 11) is 1.76. The molecule has 0 aliphatic carbocycles. The Morgan fingerprint density at radius 1 is 1.09 bits per heavy atom. The van der Waals surface area contributed by atoms with Crippen molar-refractivity contribution in [3.05, 3.63) is 94.0 Å². The molecule has 0 atom stereocenters. The van der Waals surface area contributed by atoms with Crippen LogP contribution < -0.4 is 20.4 Å². The normalized spacial score (nSPS) is 13.4. The Balaban J connectivity index is 1.26. The van der Waals surface area contributed by atoms with E-state index in [1.807, 2.05) is 38.1 Å². The summed E-state index contributed by atoms with van der Waals surface area (Å²) in [4.78, 5) is 15.0. The van der Waals surface area contributed by atoms with Gasteiger partial charge in [-0.2, -0.15) is 10.2 Å². The summed E-state index contributed by atoms with van der Waals surface area (Å²) in [5, 5.41) is 12.6. The van der Waals surface area contributed by atoms with Gasteiger partial charge in [-0.3, -0.25) is 19.8 Å². The van der Waals surface area contributed by atoms with E-state index >= 15 is 0 Å². The fraction of sp³-hybridized carbons (Fsp3) is 0.273. The Kier molecular flexibility index (Phi) is 8.96. The first kappa shape index (κ1) is 31.7. The Morgan fingerprint density at radius 3 is 2.51 bits per heavy atom. The van der Waals surface area contributed by atoms with Gasteiger partial charge in [-0.05, 0) is 84.9 Å². The molecule has 0 bridgehead atoms. The number of amides is 1. The van der Waals surface area contributed by atoms with Crippen LogP contribution in [0.3, 0.4) is 0 Å². The number of hydrogen-bond acceptors (Lipinski definition) is 5. The average Bonchev–Trinajstić information content (AvgIpc) is 3.26. The van der Waals surface area contributed by atoms with Crippen molar-refractivity contribution in [3.8, 4) is 17.0 Å². The van der Waals surface area contributed by atoms with E-state index in [4.69, 9.17) is 12.2 Å². The van der Waals surface area contributed by atoms with Crippen molar-refractivity contribution in [2.75, 3.05) is 16.8 Å². The summed E-state index contributed by atoms with van der Waals surface area (Å²) in [6.07, 6.45) is -2.75. The molecular formula is C33H33F3N6O2S. The molecule has 1 amide bonds. The lowest BCUT2D eigenvalue weighted by atomic mass is 9.98. The summed E-state index contributed by atoms with van der Waals surface area (Å²) < 4.78 is 43.6. The van der Waals surface area contributed by atoms with Gasteiger partial charge in [-0.15, -0.1) is 13.2 Å². The molecule has 1 aliphatic rings. The van der Waals surface area contributed by atoms with Gasteiger partial charge in [-0.1, -0.05) is 50.2 Å². The number of rotatable bonds is 7. The molecule has 3 aromatic carbocycles. The van der Waals surface area contributed by atoms with Crippen LogP contribution in [0.1, 0.15) is 57.9 Å². The van der Waals surface area contributed by atoms with Crippen LogP contribution in [-0.4, -0.2) is 39.9 Å². The number of hydrazone groups is 1. The monoisotopic (exact) mass is 634 g/mol. The van der Waals surface area contributed by atoms with Gasteiger partial charge in [0.05, 0.1) is 11.9 Å². The van der Waals surface area contributed by atoms with E-state index in [9.17, 15) is 18.0 Å². The second kappa shape index (κ2) is 12.7. The van der Waals surface area contributed by atoms with Crippen molar-refractivity contribution in [1.82, 2.24) is 15.2 Å². The van der Waals surface area contributed by atoms with E-state index in [-0.39, 0.29) is 11.7 Å². The number of benzene rings is 3. The third-order valence-electron chi connectivity index (χ3n) is 7.54. The minimum Gasteiger partial charge on any atom is -0.406 e. The second-order valence-corrected chi connectivity index (χ2v) is 11.6. The van der Waals surface area contributed by atoms with Gasteiger partial charge >= 0.3 is 6.36 Å². The summed E-state index contributed by atoms with van der Waals surface area (Å²) in [5.41, 5.74) is 10.2. The standard InChI is InChI=1S/C33H33F3N6O2S/c1-19(2)26-12-6-20(3)16-28(26)38-32(45)39-37-18-22-7-9-23(10-8-22)29-21(4)30(41(5)40-29)42-15-14-24-17-25(44-33(34,35)36)11-13-27(24)31(42)43/h6-13,16-19H,14-15H2,1-5H3,(H2,38,39,45)/b37-18+. The number of carbonyl (C=O) groups is 1. The molecule has 2 heterocycles. The van der Waals surface area contributed by atoms with Gasteiger partial charge < -0.3 is 10.1 Å². The van der Waals surface area contributed by atoms with Crippen LogP contribution in [-0.2, 0) is 13.5 Å². The number of nitrogens with one attached hydrogen (secondary N) is 2. The number of alkyl halides is 3. The number of fused-ring (bicyclic) bond motifs is 1. The smallest absolute Gasteiger partial charge is 0.406 e. The second-order valence-electron chi connectivity index (χ2n) is 11.2. The van der Waals surface area contributed by atoms with Crippen molar-refractivity contribution >= 4 is 41.0 Å². The van der Waals surface area contributed by atoms with Gasteiger partial charge in [0.25, 0.3) is 5.91 Å². The molecule has 0 spiro atoms. The fourth-order valence-electron chi connectivity index (χ4n) is 5.46. The highest BCUT2D eigenvalue weighted by Crippen LogP contribution is 2.34. The van der Waals surface area contributed by atoms with E-state index < -0.39 is 6.36 Å². The Labute approximate surface area is 264 Å². The molecule has 12 heteroatoms. The number of nitrogens with zero attached hydrogens (tertiary/aromatic N) is 4. The number of hydrogen-bond donors (Lipinski definition) is 2. The number of carbonyl (C=O) groups excluding carboxylic acids is 1. The maximum absolute atomic E-state index is 13.4. The van der Waals surface area contributed by atoms with Crippen molar-refractivity contribution in [2.24, 2.45) is 12.1 Å². The molecule has 4 aromatic rings. The SMILES string of the molecule is Cc1ccc(C(C)C)c(NC(=S)N/N=C/c2ccc(-c3nn(C)c(N4CCc5cc(OC(F)(F)F)ccc5C4=O)c3C)cc2)c1. The van der Waals surface area contributed by atoms with Crippen LogP contribution >= 0.6 is 12.2 Å². The highest BCUT2D eigenvalue weighted by atomic mass is 32.1. The molecule has 1 aromatic heterocycles. The molecule has 8 nitrogen and oxygen atoms in total. The molecule has 0 saturated heterocycles. The minimum absolute atomic E-state index is 0.295. The minimum atomic E-state index is -4.80. The summed E-state index contributed by atoms with van der Waals surface area (Å²) >= 11 is 5.44. The Bertz CT molecular complexity index is 1780. The number of anilines is 2. The lowest BCUT2D eigenvalue weighted by molar-refractivity contribution is -0.274. The predicted molar refractivity (Wildman–Crippen MR) is 174 cm³/mol. The molecule has 45 heavy (non-hydrogen) atoms. The largest absolute Gasteiger partial charge is 0.573 e. The summed E-state index contributed by atoms with van der Waals surface area (Å²) in [6, 6.07) is 17.7. The van der Waals surface area contributed by atoms with Crippen molar-refractivity contribution < 1.29 is 22.7 Å². The zero-order valence-electron chi connectivity index (χ0n) is 25.5. The van der Waals surface area contributed by atoms with E-state index in [1.165, 1.54) is 17.7 Å². The highest BCUT2D eigenvalue weighted by Gasteiger charge is 2.33. The third-order valence-corrected chi connectivity index (χ3v) is 7.73. The van der Waals surface area contributed by atoms with E-state index in [0.717, 1.165) is 34.0 Å². The molecule has 2 N–H and O–H groups in total. The number of halogens is 3. The van der Waals surface area contributed by atoms with Crippen molar-refractivity contribution in [1.29, 1.82) is 0 Å². The molecule has 234 valence electrons. The highest BCUT2D eigenvalue weighted by molar-refractivity contribution is 7.80. The van der Waals surface area contributed by atoms with Crippen LogP contribution in [0, 0.1) is 13.8 Å². The maximum Gasteiger partial charge on any atom is 0.573 e. The average molecular weight is 635 g/mol. The van der Waals surface area contributed by atoms with E-state index in [0.29, 0.717) is 46.6 Å². The molecule has 0 unspecified atom stereocenters. The van der Waals surface area contributed by atoms with E-state index in [2.05, 4.69) is 57.7 Å². The van der Waals surface area contributed by atoms with Crippen LogP contribution in [0.25, 0.3) is 11.3 Å². The molecular weight excluding hydrogens is 601 g/mol. The number of ether oxygens (including phenoxy) is 1. The first-order chi connectivity index (χ1) is 21.3. The third kappa shape index (κ3) is 7.17. The quantitative estimate of drug-likeness (QED) is 0.127. The van der Waals surface area contributed by atoms with Crippen LogP contribution in [0.2, 0.25) is 0 Å². The van der Waals surface area contributed by atoms with Crippen molar-refractivity contribution in [2.45, 2.75) is 46.4 Å².